The highest BCUT2D eigenvalue weighted by molar-refractivity contribution is 5.15. The third-order valence-corrected chi connectivity index (χ3v) is 2.19. The summed E-state index contributed by atoms with van der Waals surface area (Å²) in [6.45, 7) is -0.0680. The predicted octanol–water partition coefficient (Wildman–Crippen LogP) is 1.15. The number of nitrogens with zero attached hydrogens (tertiary/aromatic N) is 2. The van der Waals surface area contributed by atoms with Gasteiger partial charge in [-0.1, -0.05) is 6.07 Å². The van der Waals surface area contributed by atoms with Crippen LogP contribution >= 0.6 is 0 Å². The van der Waals surface area contributed by atoms with E-state index in [2.05, 4.69) is 4.98 Å². The van der Waals surface area contributed by atoms with Crippen LogP contribution in [0.25, 0.3) is 0 Å². The maximum atomic E-state index is 12.3. The number of pyridine rings is 1. The van der Waals surface area contributed by atoms with Crippen molar-refractivity contribution in [3.05, 3.63) is 23.9 Å². The Bertz CT molecular complexity index is 337. The lowest BCUT2D eigenvalue weighted by molar-refractivity contribution is 0.0740. The van der Waals surface area contributed by atoms with Crippen LogP contribution in [0.2, 0.25) is 0 Å². The molecule has 0 spiro atoms. The number of hydrogen-bond acceptors (Lipinski definition) is 4. The lowest BCUT2D eigenvalue weighted by Gasteiger charge is -2.20. The first-order chi connectivity index (χ1) is 8.15. The Hall–Kier alpha value is -1.27. The zero-order chi connectivity index (χ0) is 12.7. The molecule has 0 radical (unpaired) electrons. The van der Waals surface area contributed by atoms with Crippen LogP contribution in [-0.4, -0.2) is 48.2 Å². The molecule has 0 fully saturated rings. The largest absolute Gasteiger partial charge is 0.481 e. The molecule has 0 saturated heterocycles. The molecule has 0 atom stereocenters. The van der Waals surface area contributed by atoms with Crippen molar-refractivity contribution in [3.8, 4) is 5.88 Å². The Kier molecular flexibility index (Phi) is 5.79. The summed E-state index contributed by atoms with van der Waals surface area (Å²) in [5, 5.41) is 8.80. The van der Waals surface area contributed by atoms with E-state index in [0.29, 0.717) is 11.6 Å². The molecule has 0 aliphatic carbocycles. The summed E-state index contributed by atoms with van der Waals surface area (Å²) in [7, 11) is 1.50. The van der Waals surface area contributed by atoms with Gasteiger partial charge >= 0.3 is 0 Å². The summed E-state index contributed by atoms with van der Waals surface area (Å²) in [6, 6.07) is 5.17. The predicted molar refractivity (Wildman–Crippen MR) is 59.2 cm³/mol. The van der Waals surface area contributed by atoms with Gasteiger partial charge < -0.3 is 9.84 Å². The first kappa shape index (κ1) is 13.8. The molecule has 0 amide bonds. The number of aromatic nitrogens is 1. The molecule has 17 heavy (non-hydrogen) atoms. The Balaban J connectivity index is 2.64. The highest BCUT2D eigenvalue weighted by Crippen LogP contribution is 2.10. The van der Waals surface area contributed by atoms with Gasteiger partial charge in [0.1, 0.15) is 0 Å². The van der Waals surface area contributed by atoms with Crippen molar-refractivity contribution >= 4 is 0 Å². The Labute approximate surface area is 98.8 Å². The van der Waals surface area contributed by atoms with E-state index in [1.54, 1.807) is 18.2 Å². The minimum Gasteiger partial charge on any atom is -0.481 e. The quantitative estimate of drug-likeness (QED) is 0.784. The molecular weight excluding hydrogens is 230 g/mol. The smallest absolute Gasteiger partial charge is 0.251 e. The van der Waals surface area contributed by atoms with Crippen LogP contribution in [0.4, 0.5) is 8.78 Å². The second kappa shape index (κ2) is 7.13. The summed E-state index contributed by atoms with van der Waals surface area (Å²) in [6.07, 6.45) is -2.42. The maximum Gasteiger partial charge on any atom is 0.251 e. The van der Waals surface area contributed by atoms with Crippen molar-refractivity contribution in [2.75, 3.05) is 26.8 Å². The molecule has 0 unspecified atom stereocenters. The number of methoxy groups -OCH3 is 1. The van der Waals surface area contributed by atoms with E-state index in [1.807, 2.05) is 0 Å². The SMILES string of the molecule is COc1cccc(CN(CCO)CC(F)F)n1. The average molecular weight is 246 g/mol. The van der Waals surface area contributed by atoms with E-state index in [4.69, 9.17) is 9.84 Å². The number of rotatable bonds is 7. The maximum absolute atomic E-state index is 12.3. The molecule has 0 bridgehead atoms. The van der Waals surface area contributed by atoms with Crippen molar-refractivity contribution in [2.24, 2.45) is 0 Å². The van der Waals surface area contributed by atoms with Crippen LogP contribution in [0.5, 0.6) is 5.88 Å². The van der Waals surface area contributed by atoms with Gasteiger partial charge in [0.15, 0.2) is 0 Å². The number of aliphatic hydroxyl groups is 1. The molecule has 0 aliphatic heterocycles. The second-order valence-electron chi connectivity index (χ2n) is 3.52. The number of alkyl halides is 2. The van der Waals surface area contributed by atoms with Crippen molar-refractivity contribution in [3.63, 3.8) is 0 Å². The normalized spacial score (nSPS) is 11.2. The molecule has 0 aliphatic rings. The lowest BCUT2D eigenvalue weighted by atomic mass is 10.3. The molecule has 4 nitrogen and oxygen atoms in total. The van der Waals surface area contributed by atoms with Gasteiger partial charge in [0.25, 0.3) is 6.43 Å². The summed E-state index contributed by atoms with van der Waals surface area (Å²) < 4.78 is 29.5. The molecule has 0 aromatic carbocycles. The molecule has 1 rings (SSSR count). The van der Waals surface area contributed by atoms with E-state index in [9.17, 15) is 8.78 Å². The Morgan fingerprint density at radius 3 is 2.82 bits per heavy atom. The van der Waals surface area contributed by atoms with E-state index >= 15 is 0 Å². The highest BCUT2D eigenvalue weighted by atomic mass is 19.3. The van der Waals surface area contributed by atoms with Crippen molar-refractivity contribution < 1.29 is 18.6 Å². The Morgan fingerprint density at radius 2 is 2.24 bits per heavy atom. The van der Waals surface area contributed by atoms with Crippen molar-refractivity contribution in [1.82, 2.24) is 9.88 Å². The first-order valence-corrected chi connectivity index (χ1v) is 5.27. The highest BCUT2D eigenvalue weighted by Gasteiger charge is 2.12. The minimum absolute atomic E-state index is 0.156. The second-order valence-corrected chi connectivity index (χ2v) is 3.52. The minimum atomic E-state index is -2.42. The van der Waals surface area contributed by atoms with Crippen LogP contribution in [-0.2, 0) is 6.54 Å². The van der Waals surface area contributed by atoms with Gasteiger partial charge in [0.2, 0.25) is 5.88 Å². The molecule has 1 N–H and O–H groups in total. The van der Waals surface area contributed by atoms with Gasteiger partial charge in [-0.3, -0.25) is 4.90 Å². The van der Waals surface area contributed by atoms with Gasteiger partial charge in [-0.05, 0) is 6.07 Å². The fourth-order valence-electron chi connectivity index (χ4n) is 1.46. The van der Waals surface area contributed by atoms with Gasteiger partial charge in [-0.25, -0.2) is 13.8 Å². The third kappa shape index (κ3) is 5.06. The summed E-state index contributed by atoms with van der Waals surface area (Å²) in [4.78, 5) is 5.58. The van der Waals surface area contributed by atoms with Gasteiger partial charge in [-0.15, -0.1) is 0 Å². The van der Waals surface area contributed by atoms with Gasteiger partial charge in [0.05, 0.1) is 26.0 Å². The fourth-order valence-corrected chi connectivity index (χ4v) is 1.46. The van der Waals surface area contributed by atoms with Crippen LogP contribution in [0, 0.1) is 0 Å². The standard InChI is InChI=1S/C11H16F2N2O2/c1-17-11-4-2-3-9(14-11)7-15(5-6-16)8-10(12)13/h2-4,10,16H,5-8H2,1H3. The van der Waals surface area contributed by atoms with Gasteiger partial charge in [0, 0.05) is 19.2 Å². The van der Waals surface area contributed by atoms with E-state index < -0.39 is 6.43 Å². The van der Waals surface area contributed by atoms with Crippen LogP contribution in [0.1, 0.15) is 5.69 Å². The summed E-state index contributed by atoms with van der Waals surface area (Å²) in [5.74, 6) is 0.448. The monoisotopic (exact) mass is 246 g/mol. The number of ether oxygens (including phenoxy) is 1. The van der Waals surface area contributed by atoms with Crippen LogP contribution in [0.15, 0.2) is 18.2 Å². The van der Waals surface area contributed by atoms with E-state index in [1.165, 1.54) is 12.0 Å². The number of hydrogen-bond donors (Lipinski definition) is 1. The number of aliphatic hydroxyl groups excluding tert-OH is 1. The first-order valence-electron chi connectivity index (χ1n) is 5.27. The Morgan fingerprint density at radius 1 is 1.47 bits per heavy atom. The molecule has 1 aromatic rings. The number of halogens is 2. The fraction of sp³-hybridized carbons (Fsp3) is 0.545. The zero-order valence-electron chi connectivity index (χ0n) is 9.64. The molecule has 0 saturated carbocycles. The van der Waals surface area contributed by atoms with Crippen molar-refractivity contribution in [2.45, 2.75) is 13.0 Å². The molecule has 1 heterocycles. The summed E-state index contributed by atoms with van der Waals surface area (Å²) in [5.41, 5.74) is 0.637. The van der Waals surface area contributed by atoms with Crippen LogP contribution in [0.3, 0.4) is 0 Å². The van der Waals surface area contributed by atoms with Crippen molar-refractivity contribution in [1.29, 1.82) is 0 Å². The summed E-state index contributed by atoms with van der Waals surface area (Å²) >= 11 is 0. The van der Waals surface area contributed by atoms with Crippen LogP contribution < -0.4 is 4.74 Å². The molecule has 6 heteroatoms. The molecule has 96 valence electrons. The third-order valence-electron chi connectivity index (χ3n) is 2.19. The molecular formula is C11H16F2N2O2. The zero-order valence-corrected chi connectivity index (χ0v) is 9.64. The lowest BCUT2D eigenvalue weighted by Crippen LogP contribution is -2.31. The van der Waals surface area contributed by atoms with Gasteiger partial charge in [-0.2, -0.15) is 0 Å². The average Bonchev–Trinajstić information content (AvgIpc) is 2.29. The van der Waals surface area contributed by atoms with E-state index in [0.717, 1.165) is 0 Å². The topological polar surface area (TPSA) is 45.6 Å². The molecule has 1 aromatic heterocycles. The van der Waals surface area contributed by atoms with E-state index in [-0.39, 0.29) is 26.2 Å².